The van der Waals surface area contributed by atoms with Gasteiger partial charge in [-0.25, -0.2) is 0 Å². The fraction of sp³-hybridized carbons (Fsp3) is 0.500. The molecule has 21 heavy (non-hydrogen) atoms. The smallest absolute Gasteiger partial charge is 0.0702 e. The van der Waals surface area contributed by atoms with Crippen molar-refractivity contribution in [1.82, 2.24) is 15.2 Å². The maximum absolute atomic E-state index is 4.42. The first-order valence-corrected chi connectivity index (χ1v) is 8.05. The Morgan fingerprint density at radius 3 is 3.10 bits per heavy atom. The van der Waals surface area contributed by atoms with Crippen LogP contribution in [0.15, 0.2) is 36.5 Å². The van der Waals surface area contributed by atoms with Crippen LogP contribution in [0.4, 0.5) is 0 Å². The summed E-state index contributed by atoms with van der Waals surface area (Å²) in [5, 5.41) is 4.84. The zero-order valence-electron chi connectivity index (χ0n) is 13.0. The fourth-order valence-electron chi connectivity index (χ4n) is 3.51. The molecule has 3 nitrogen and oxygen atoms in total. The van der Waals surface area contributed by atoms with Gasteiger partial charge in [-0.15, -0.1) is 0 Å². The van der Waals surface area contributed by atoms with Crippen molar-refractivity contribution in [1.29, 1.82) is 0 Å². The quantitative estimate of drug-likeness (QED) is 0.854. The van der Waals surface area contributed by atoms with Gasteiger partial charge in [0, 0.05) is 17.6 Å². The van der Waals surface area contributed by atoms with E-state index in [1.54, 1.807) is 0 Å². The van der Waals surface area contributed by atoms with Crippen molar-refractivity contribution in [2.45, 2.75) is 25.8 Å². The number of rotatable bonds is 5. The van der Waals surface area contributed by atoms with Gasteiger partial charge in [0.1, 0.15) is 0 Å². The van der Waals surface area contributed by atoms with E-state index in [1.165, 1.54) is 30.3 Å². The first-order chi connectivity index (χ1) is 10.3. The number of hydrogen-bond donors (Lipinski definition) is 1. The Kier molecular flexibility index (Phi) is 4.51. The van der Waals surface area contributed by atoms with Crippen LogP contribution in [0.3, 0.4) is 0 Å². The van der Waals surface area contributed by atoms with E-state index < -0.39 is 0 Å². The summed E-state index contributed by atoms with van der Waals surface area (Å²) in [5.41, 5.74) is 2.52. The van der Waals surface area contributed by atoms with Crippen molar-refractivity contribution in [2.75, 3.05) is 26.7 Å². The van der Waals surface area contributed by atoms with Gasteiger partial charge in [-0.05, 0) is 69.2 Å². The average molecular weight is 283 g/mol. The Labute approximate surface area is 127 Å². The summed E-state index contributed by atoms with van der Waals surface area (Å²) in [6.07, 6.45) is 4.35. The van der Waals surface area contributed by atoms with Crippen LogP contribution in [0.2, 0.25) is 0 Å². The number of nitrogens with zero attached hydrogens (tertiary/aromatic N) is 2. The van der Waals surface area contributed by atoms with Gasteiger partial charge in [-0.3, -0.25) is 9.88 Å². The Balaban J connectivity index is 1.83. The molecule has 2 atom stereocenters. The number of hydrogen-bond acceptors (Lipinski definition) is 3. The number of nitrogens with one attached hydrogen (secondary N) is 1. The minimum absolute atomic E-state index is 0.527. The molecule has 0 aliphatic carbocycles. The minimum Gasteiger partial charge on any atom is -0.316 e. The van der Waals surface area contributed by atoms with Gasteiger partial charge >= 0.3 is 0 Å². The Hall–Kier alpha value is -1.45. The predicted molar refractivity (Wildman–Crippen MR) is 88.4 cm³/mol. The van der Waals surface area contributed by atoms with Crippen LogP contribution in [0.5, 0.6) is 0 Å². The molecule has 1 aromatic carbocycles. The van der Waals surface area contributed by atoms with Crippen LogP contribution >= 0.6 is 0 Å². The van der Waals surface area contributed by atoms with Crippen LogP contribution < -0.4 is 5.32 Å². The van der Waals surface area contributed by atoms with Crippen molar-refractivity contribution in [3.63, 3.8) is 0 Å². The van der Waals surface area contributed by atoms with Gasteiger partial charge in [0.15, 0.2) is 0 Å². The Bertz CT molecular complexity index is 596. The summed E-state index contributed by atoms with van der Waals surface area (Å²) in [6.45, 7) is 5.65. The first-order valence-electron chi connectivity index (χ1n) is 8.05. The molecule has 2 unspecified atom stereocenters. The SMILES string of the molecule is CCCNCC1CCN(C)C1c1ccc2ncccc2c1. The summed E-state index contributed by atoms with van der Waals surface area (Å²) >= 11 is 0. The van der Waals surface area contributed by atoms with Crippen LogP contribution in [0.25, 0.3) is 10.9 Å². The van der Waals surface area contributed by atoms with E-state index in [9.17, 15) is 0 Å². The second-order valence-electron chi connectivity index (χ2n) is 6.13. The number of benzene rings is 1. The third-order valence-electron chi connectivity index (χ3n) is 4.58. The fourth-order valence-corrected chi connectivity index (χ4v) is 3.51. The van der Waals surface area contributed by atoms with E-state index in [2.05, 4.69) is 53.4 Å². The van der Waals surface area contributed by atoms with Gasteiger partial charge in [0.25, 0.3) is 0 Å². The van der Waals surface area contributed by atoms with Crippen molar-refractivity contribution in [3.05, 3.63) is 42.1 Å². The van der Waals surface area contributed by atoms with Gasteiger partial charge in [-0.2, -0.15) is 0 Å². The third-order valence-corrected chi connectivity index (χ3v) is 4.58. The largest absolute Gasteiger partial charge is 0.316 e. The number of likely N-dealkylation sites (tertiary alicyclic amines) is 1. The Morgan fingerprint density at radius 1 is 1.33 bits per heavy atom. The summed E-state index contributed by atoms with van der Waals surface area (Å²) in [5.74, 6) is 0.704. The summed E-state index contributed by atoms with van der Waals surface area (Å²) in [6, 6.07) is 11.4. The van der Waals surface area contributed by atoms with Crippen LogP contribution in [0, 0.1) is 5.92 Å². The summed E-state index contributed by atoms with van der Waals surface area (Å²) in [7, 11) is 2.25. The lowest BCUT2D eigenvalue weighted by Gasteiger charge is -2.26. The zero-order valence-corrected chi connectivity index (χ0v) is 13.0. The highest BCUT2D eigenvalue weighted by Crippen LogP contribution is 2.36. The normalized spacial score (nSPS) is 23.0. The molecule has 1 N–H and O–H groups in total. The maximum atomic E-state index is 4.42. The van der Waals surface area contributed by atoms with Crippen LogP contribution in [-0.4, -0.2) is 36.6 Å². The number of fused-ring (bicyclic) bond motifs is 1. The molecule has 0 bridgehead atoms. The van der Waals surface area contributed by atoms with Crippen molar-refractivity contribution < 1.29 is 0 Å². The molecule has 0 saturated carbocycles. The number of aromatic nitrogens is 1. The molecule has 1 fully saturated rings. The molecule has 0 amide bonds. The standard InChI is InChI=1S/C18H25N3/c1-3-9-19-13-16-8-11-21(2)18(16)15-6-7-17-14(12-15)5-4-10-20-17/h4-7,10,12,16,18-19H,3,8-9,11,13H2,1-2H3. The van der Waals surface area contributed by atoms with Crippen LogP contribution in [-0.2, 0) is 0 Å². The molecule has 1 aliphatic rings. The lowest BCUT2D eigenvalue weighted by atomic mass is 9.92. The highest BCUT2D eigenvalue weighted by Gasteiger charge is 2.32. The van der Waals surface area contributed by atoms with E-state index in [1.807, 2.05) is 12.3 Å². The Morgan fingerprint density at radius 2 is 2.24 bits per heavy atom. The van der Waals surface area contributed by atoms with Gasteiger partial charge < -0.3 is 5.32 Å². The first kappa shape index (κ1) is 14.5. The molecule has 1 aliphatic heterocycles. The third kappa shape index (κ3) is 3.09. The van der Waals surface area contributed by atoms with Crippen molar-refractivity contribution in [3.8, 4) is 0 Å². The van der Waals surface area contributed by atoms with Gasteiger partial charge in [-0.1, -0.05) is 19.1 Å². The van der Waals surface area contributed by atoms with Crippen LogP contribution in [0.1, 0.15) is 31.4 Å². The molecule has 112 valence electrons. The highest BCUT2D eigenvalue weighted by molar-refractivity contribution is 5.79. The monoisotopic (exact) mass is 283 g/mol. The van der Waals surface area contributed by atoms with E-state index >= 15 is 0 Å². The van der Waals surface area contributed by atoms with E-state index in [4.69, 9.17) is 0 Å². The average Bonchev–Trinajstić information content (AvgIpc) is 2.88. The minimum atomic E-state index is 0.527. The molecule has 3 rings (SSSR count). The summed E-state index contributed by atoms with van der Waals surface area (Å²) < 4.78 is 0. The lowest BCUT2D eigenvalue weighted by Crippen LogP contribution is -2.28. The van der Waals surface area contributed by atoms with Crippen molar-refractivity contribution in [2.24, 2.45) is 5.92 Å². The molecule has 0 radical (unpaired) electrons. The molecule has 0 spiro atoms. The summed E-state index contributed by atoms with van der Waals surface area (Å²) in [4.78, 5) is 6.92. The molecule has 2 heterocycles. The molecular formula is C18H25N3. The second kappa shape index (κ2) is 6.54. The predicted octanol–water partition coefficient (Wildman–Crippen LogP) is 3.23. The number of pyridine rings is 1. The topological polar surface area (TPSA) is 28.2 Å². The van der Waals surface area contributed by atoms with E-state index in [-0.39, 0.29) is 0 Å². The van der Waals surface area contributed by atoms with Gasteiger partial charge in [0.2, 0.25) is 0 Å². The highest BCUT2D eigenvalue weighted by atomic mass is 15.2. The molecule has 3 heteroatoms. The van der Waals surface area contributed by atoms with E-state index in [0.29, 0.717) is 12.0 Å². The zero-order chi connectivity index (χ0) is 14.7. The molecule has 1 saturated heterocycles. The molecule has 1 aromatic heterocycles. The van der Waals surface area contributed by atoms with Gasteiger partial charge in [0.05, 0.1) is 5.52 Å². The molecule has 2 aromatic rings. The second-order valence-corrected chi connectivity index (χ2v) is 6.13. The maximum Gasteiger partial charge on any atom is 0.0702 e. The van der Waals surface area contributed by atoms with E-state index in [0.717, 1.165) is 18.6 Å². The molecular weight excluding hydrogens is 258 g/mol. The van der Waals surface area contributed by atoms with Crippen molar-refractivity contribution >= 4 is 10.9 Å². The lowest BCUT2D eigenvalue weighted by molar-refractivity contribution is 0.272.